The lowest BCUT2D eigenvalue weighted by Crippen LogP contribution is -2.34. The Morgan fingerprint density at radius 3 is 2.15 bits per heavy atom. The minimum absolute atomic E-state index is 0.0304. The van der Waals surface area contributed by atoms with Crippen LogP contribution in [0.2, 0.25) is 0 Å². The molecule has 4 unspecified atom stereocenters. The third-order valence-corrected chi connectivity index (χ3v) is 8.49. The first-order valence-electron chi connectivity index (χ1n) is 11.9. The molecule has 0 aliphatic heterocycles. The van der Waals surface area contributed by atoms with Crippen LogP contribution < -0.4 is 0 Å². The molecule has 3 fully saturated rings. The fraction of sp³-hybridized carbons (Fsp3) is 0.769. The Hall–Kier alpha value is -0.850. The molecule has 3 saturated carbocycles. The number of aryl methyl sites for hydroxylation is 1. The van der Waals surface area contributed by atoms with Gasteiger partial charge in [-0.25, -0.2) is 4.39 Å². The van der Waals surface area contributed by atoms with E-state index in [1.165, 1.54) is 77.0 Å². The Morgan fingerprint density at radius 2 is 1.44 bits per heavy atom. The molecule has 1 aromatic rings. The standard InChI is InChI=1S/C26H39F/c1-3-4-19-6-7-24-17-23(13-12-22(24)16-19)20-8-10-21(11-9-20)25-14-5-18(2)15-26(25)27/h5,14-15,19-24H,3-4,6-13,16-17H2,1-2H3. The van der Waals surface area contributed by atoms with Crippen LogP contribution in [0.4, 0.5) is 4.39 Å². The van der Waals surface area contributed by atoms with Crippen molar-refractivity contribution >= 4 is 0 Å². The number of fused-ring (bicyclic) bond motifs is 1. The number of halogens is 1. The van der Waals surface area contributed by atoms with Gasteiger partial charge in [0.15, 0.2) is 0 Å². The lowest BCUT2D eigenvalue weighted by Gasteiger charge is -2.45. The highest BCUT2D eigenvalue weighted by Crippen LogP contribution is 2.50. The van der Waals surface area contributed by atoms with Gasteiger partial charge in [-0.2, -0.15) is 0 Å². The fourth-order valence-electron chi connectivity index (χ4n) is 6.99. The molecule has 0 N–H and O–H groups in total. The first-order chi connectivity index (χ1) is 13.1. The predicted molar refractivity (Wildman–Crippen MR) is 112 cm³/mol. The second-order valence-electron chi connectivity index (χ2n) is 10.2. The fourth-order valence-corrected chi connectivity index (χ4v) is 6.99. The van der Waals surface area contributed by atoms with Crippen LogP contribution in [0.5, 0.6) is 0 Å². The summed E-state index contributed by atoms with van der Waals surface area (Å²) in [5, 5.41) is 0. The SMILES string of the molecule is CCCC1CCC2CC(C3CCC(c4ccc(C)cc4F)CC3)CCC2C1. The molecule has 3 aliphatic rings. The summed E-state index contributed by atoms with van der Waals surface area (Å²) in [6.07, 6.45) is 16.9. The monoisotopic (exact) mass is 370 g/mol. The lowest BCUT2D eigenvalue weighted by atomic mass is 9.60. The Balaban J connectivity index is 1.29. The largest absolute Gasteiger partial charge is 0.207 e. The quantitative estimate of drug-likeness (QED) is 0.503. The van der Waals surface area contributed by atoms with Crippen LogP contribution >= 0.6 is 0 Å². The van der Waals surface area contributed by atoms with Crippen molar-refractivity contribution in [2.75, 3.05) is 0 Å². The molecule has 0 radical (unpaired) electrons. The van der Waals surface area contributed by atoms with Gasteiger partial charge in [-0.15, -0.1) is 0 Å². The summed E-state index contributed by atoms with van der Waals surface area (Å²) < 4.78 is 14.4. The van der Waals surface area contributed by atoms with Gasteiger partial charge in [-0.1, -0.05) is 38.3 Å². The van der Waals surface area contributed by atoms with Gasteiger partial charge < -0.3 is 0 Å². The van der Waals surface area contributed by atoms with Crippen LogP contribution in [0.15, 0.2) is 18.2 Å². The van der Waals surface area contributed by atoms with E-state index < -0.39 is 0 Å². The zero-order valence-electron chi connectivity index (χ0n) is 17.6. The van der Waals surface area contributed by atoms with Crippen LogP contribution in [-0.4, -0.2) is 0 Å². The molecule has 3 aliphatic carbocycles. The number of benzene rings is 1. The van der Waals surface area contributed by atoms with Crippen molar-refractivity contribution < 1.29 is 4.39 Å². The van der Waals surface area contributed by atoms with E-state index in [0.29, 0.717) is 5.92 Å². The summed E-state index contributed by atoms with van der Waals surface area (Å²) in [6.45, 7) is 4.33. The number of hydrogen-bond donors (Lipinski definition) is 0. The summed E-state index contributed by atoms with van der Waals surface area (Å²) in [4.78, 5) is 0. The second kappa shape index (κ2) is 8.66. The Labute approximate surface area is 166 Å². The van der Waals surface area contributed by atoms with Crippen LogP contribution in [0.3, 0.4) is 0 Å². The second-order valence-corrected chi connectivity index (χ2v) is 10.2. The molecule has 0 spiro atoms. The molecule has 27 heavy (non-hydrogen) atoms. The Kier molecular flexibility index (Phi) is 6.25. The molecule has 1 heteroatoms. The van der Waals surface area contributed by atoms with Crippen molar-refractivity contribution in [3.63, 3.8) is 0 Å². The summed E-state index contributed by atoms with van der Waals surface area (Å²) >= 11 is 0. The van der Waals surface area contributed by atoms with Gasteiger partial charge >= 0.3 is 0 Å². The molecule has 0 aromatic heterocycles. The van der Waals surface area contributed by atoms with Gasteiger partial charge in [-0.3, -0.25) is 0 Å². The van der Waals surface area contributed by atoms with E-state index in [1.807, 2.05) is 6.92 Å². The average molecular weight is 371 g/mol. The molecule has 4 rings (SSSR count). The molecule has 150 valence electrons. The summed E-state index contributed by atoms with van der Waals surface area (Å²) in [5.74, 6) is 5.49. The van der Waals surface area contributed by atoms with Gasteiger partial charge in [0.2, 0.25) is 0 Å². The van der Waals surface area contributed by atoms with E-state index in [9.17, 15) is 4.39 Å². The van der Waals surface area contributed by atoms with Crippen molar-refractivity contribution in [3.05, 3.63) is 35.1 Å². The molecular weight excluding hydrogens is 331 g/mol. The summed E-state index contributed by atoms with van der Waals surface area (Å²) in [7, 11) is 0. The van der Waals surface area contributed by atoms with Crippen LogP contribution in [-0.2, 0) is 0 Å². The molecule has 0 amide bonds. The molecule has 0 saturated heterocycles. The first-order valence-corrected chi connectivity index (χ1v) is 11.9. The highest BCUT2D eigenvalue weighted by Gasteiger charge is 2.38. The van der Waals surface area contributed by atoms with Crippen LogP contribution in [0.1, 0.15) is 101 Å². The minimum atomic E-state index is 0.0304. The normalized spacial score (nSPS) is 37.0. The minimum Gasteiger partial charge on any atom is -0.207 e. The van der Waals surface area contributed by atoms with E-state index in [2.05, 4.69) is 19.1 Å². The Morgan fingerprint density at radius 1 is 0.815 bits per heavy atom. The maximum Gasteiger partial charge on any atom is 0.126 e. The van der Waals surface area contributed by atoms with Gasteiger partial charge in [-0.05, 0) is 117 Å². The van der Waals surface area contributed by atoms with E-state index in [0.717, 1.165) is 40.7 Å². The predicted octanol–water partition coefficient (Wildman–Crippen LogP) is 8.04. The van der Waals surface area contributed by atoms with Gasteiger partial charge in [0.25, 0.3) is 0 Å². The van der Waals surface area contributed by atoms with Crippen LogP contribution in [0.25, 0.3) is 0 Å². The summed E-state index contributed by atoms with van der Waals surface area (Å²) in [5.41, 5.74) is 2.02. The Bertz CT molecular complexity index is 613. The highest BCUT2D eigenvalue weighted by molar-refractivity contribution is 5.26. The maximum absolute atomic E-state index is 14.4. The molecule has 0 heterocycles. The zero-order chi connectivity index (χ0) is 18.8. The summed E-state index contributed by atoms with van der Waals surface area (Å²) in [6, 6.07) is 5.86. The topological polar surface area (TPSA) is 0 Å². The average Bonchev–Trinajstić information content (AvgIpc) is 2.68. The third-order valence-electron chi connectivity index (χ3n) is 8.49. The van der Waals surface area contributed by atoms with E-state index >= 15 is 0 Å². The van der Waals surface area contributed by atoms with Crippen molar-refractivity contribution in [2.45, 2.75) is 96.8 Å². The van der Waals surface area contributed by atoms with Crippen molar-refractivity contribution in [3.8, 4) is 0 Å². The smallest absolute Gasteiger partial charge is 0.126 e. The molecule has 4 atom stereocenters. The van der Waals surface area contributed by atoms with Gasteiger partial charge in [0.1, 0.15) is 5.82 Å². The molecule has 1 aromatic carbocycles. The number of rotatable bonds is 4. The molecular formula is C26H39F. The zero-order valence-corrected chi connectivity index (χ0v) is 17.6. The van der Waals surface area contributed by atoms with Gasteiger partial charge in [0.05, 0.1) is 0 Å². The van der Waals surface area contributed by atoms with Crippen LogP contribution in [0, 0.1) is 42.3 Å². The van der Waals surface area contributed by atoms with Gasteiger partial charge in [0, 0.05) is 0 Å². The van der Waals surface area contributed by atoms with Crippen molar-refractivity contribution in [1.82, 2.24) is 0 Å². The van der Waals surface area contributed by atoms with E-state index in [-0.39, 0.29) is 5.82 Å². The number of hydrogen-bond acceptors (Lipinski definition) is 0. The molecule has 0 nitrogen and oxygen atoms in total. The van der Waals surface area contributed by atoms with E-state index in [4.69, 9.17) is 0 Å². The lowest BCUT2D eigenvalue weighted by molar-refractivity contribution is 0.0617. The maximum atomic E-state index is 14.4. The first kappa shape index (κ1) is 19.5. The van der Waals surface area contributed by atoms with E-state index in [1.54, 1.807) is 6.07 Å². The van der Waals surface area contributed by atoms with Crippen molar-refractivity contribution in [2.24, 2.45) is 29.6 Å². The van der Waals surface area contributed by atoms with Crippen molar-refractivity contribution in [1.29, 1.82) is 0 Å². The highest BCUT2D eigenvalue weighted by atomic mass is 19.1. The third kappa shape index (κ3) is 4.43. The molecule has 0 bridgehead atoms.